The fraction of sp³-hybridized carbons (Fsp3) is 0.318. The number of methoxy groups -OCH3 is 1. The van der Waals surface area contributed by atoms with E-state index >= 15 is 0 Å². The van der Waals surface area contributed by atoms with Crippen LogP contribution in [0.15, 0.2) is 53.4 Å². The van der Waals surface area contributed by atoms with E-state index in [0.717, 1.165) is 17.0 Å². The molecule has 1 aliphatic heterocycles. The van der Waals surface area contributed by atoms with Gasteiger partial charge in [-0.05, 0) is 18.2 Å². The maximum atomic E-state index is 12.5. The minimum atomic E-state index is -3.38. The summed E-state index contributed by atoms with van der Waals surface area (Å²) in [6.45, 7) is 4.03. The highest BCUT2D eigenvalue weighted by molar-refractivity contribution is 7.87. The molecule has 0 aliphatic carbocycles. The average Bonchev–Trinajstić information content (AvgIpc) is 3.52. The first-order valence-electron chi connectivity index (χ1n) is 10.9. The quantitative estimate of drug-likeness (QED) is 0.406. The molecular weight excluding hydrogens is 458 g/mol. The number of hydrogen-bond donors (Lipinski definition) is 1. The van der Waals surface area contributed by atoms with Crippen molar-refractivity contribution in [3.05, 3.63) is 49.0 Å². The molecule has 0 unspecified atom stereocenters. The van der Waals surface area contributed by atoms with Gasteiger partial charge in [0.2, 0.25) is 5.95 Å². The third kappa shape index (κ3) is 4.00. The van der Waals surface area contributed by atoms with Crippen LogP contribution in [0, 0.1) is 0 Å². The molecule has 11 nitrogen and oxygen atoms in total. The second-order valence-corrected chi connectivity index (χ2v) is 9.62. The number of anilines is 1. The number of oxazole rings is 1. The van der Waals surface area contributed by atoms with E-state index in [1.165, 1.54) is 8.61 Å². The zero-order valence-corrected chi connectivity index (χ0v) is 19.7. The number of imidazole rings is 1. The minimum Gasteiger partial charge on any atom is -0.497 e. The molecule has 0 bridgehead atoms. The first kappa shape index (κ1) is 22.3. The van der Waals surface area contributed by atoms with Crippen molar-refractivity contribution >= 4 is 22.0 Å². The van der Waals surface area contributed by atoms with Gasteiger partial charge < -0.3 is 14.5 Å². The van der Waals surface area contributed by atoms with Crippen LogP contribution in [0.1, 0.15) is 6.92 Å². The van der Waals surface area contributed by atoms with Gasteiger partial charge >= 0.3 is 5.84 Å². The Hall–Kier alpha value is -3.48. The lowest BCUT2D eigenvalue weighted by Gasteiger charge is -2.17. The van der Waals surface area contributed by atoms with Crippen molar-refractivity contribution in [3.8, 4) is 28.4 Å². The summed E-state index contributed by atoms with van der Waals surface area (Å²) in [7, 11) is -1.76. The van der Waals surface area contributed by atoms with Crippen molar-refractivity contribution in [1.29, 1.82) is 0 Å². The summed E-state index contributed by atoms with van der Waals surface area (Å²) in [5, 5.41) is 3.14. The van der Waals surface area contributed by atoms with Gasteiger partial charge in [0.25, 0.3) is 10.2 Å². The SMILES string of the molecule is CCN1CCN(CCNc2nccc(-c3c(-c4cccc(OC)c4)nc4occn34)n2)S1(=O)=O. The largest absolute Gasteiger partial charge is 0.497 e. The number of aromatic nitrogens is 4. The van der Waals surface area contributed by atoms with Crippen LogP contribution >= 0.6 is 0 Å². The summed E-state index contributed by atoms with van der Waals surface area (Å²) < 4.78 is 40.6. The van der Waals surface area contributed by atoms with Crippen molar-refractivity contribution in [1.82, 2.24) is 28.0 Å². The van der Waals surface area contributed by atoms with Gasteiger partial charge in [-0.25, -0.2) is 9.97 Å². The summed E-state index contributed by atoms with van der Waals surface area (Å²) in [5.41, 5.74) is 2.96. The highest BCUT2D eigenvalue weighted by atomic mass is 32.2. The molecule has 0 spiro atoms. The van der Waals surface area contributed by atoms with Gasteiger partial charge in [0.1, 0.15) is 23.4 Å². The zero-order chi connectivity index (χ0) is 23.7. The van der Waals surface area contributed by atoms with Gasteiger partial charge in [-0.15, -0.1) is 0 Å². The molecule has 1 N–H and O–H groups in total. The molecule has 1 aromatic carbocycles. The molecule has 34 heavy (non-hydrogen) atoms. The topological polar surface area (TPSA) is 118 Å². The maximum absolute atomic E-state index is 12.5. The van der Waals surface area contributed by atoms with Crippen molar-refractivity contribution in [3.63, 3.8) is 0 Å². The smallest absolute Gasteiger partial charge is 0.306 e. The van der Waals surface area contributed by atoms with Crippen LogP contribution in [0.5, 0.6) is 5.75 Å². The van der Waals surface area contributed by atoms with Gasteiger partial charge in [-0.2, -0.15) is 22.0 Å². The molecule has 1 saturated heterocycles. The van der Waals surface area contributed by atoms with E-state index < -0.39 is 10.2 Å². The van der Waals surface area contributed by atoms with Gasteiger partial charge in [0, 0.05) is 50.7 Å². The third-order valence-electron chi connectivity index (χ3n) is 5.75. The molecule has 5 rings (SSSR count). The van der Waals surface area contributed by atoms with Gasteiger partial charge in [0.05, 0.1) is 12.8 Å². The van der Waals surface area contributed by atoms with E-state index in [-0.39, 0.29) is 0 Å². The van der Waals surface area contributed by atoms with E-state index in [1.807, 2.05) is 35.6 Å². The number of fused-ring (bicyclic) bond motifs is 1. The Kier molecular flexibility index (Phi) is 5.94. The Bertz CT molecular complexity index is 1420. The Balaban J connectivity index is 1.40. The van der Waals surface area contributed by atoms with Crippen LogP contribution in [0.2, 0.25) is 0 Å². The molecular formula is C22H25N7O4S. The van der Waals surface area contributed by atoms with E-state index in [0.29, 0.717) is 55.9 Å². The standard InChI is InChI=1S/C22H25N7O4S/c1-3-27-11-12-28(34(27,30)31)10-9-24-21-23-8-7-18(25-21)20-19(26-22-29(20)13-14-33-22)16-5-4-6-17(15-16)32-2/h4-8,13-15H,3,9-12H2,1-2H3,(H,23,24,25). The summed E-state index contributed by atoms with van der Waals surface area (Å²) in [6, 6.07) is 9.43. The van der Waals surface area contributed by atoms with Crippen LogP contribution in [-0.4, -0.2) is 76.2 Å². The van der Waals surface area contributed by atoms with Crippen LogP contribution in [-0.2, 0) is 10.2 Å². The van der Waals surface area contributed by atoms with Crippen molar-refractivity contribution < 1.29 is 17.6 Å². The maximum Gasteiger partial charge on any atom is 0.306 e. The Morgan fingerprint density at radius 3 is 2.82 bits per heavy atom. The van der Waals surface area contributed by atoms with E-state index in [4.69, 9.17) is 9.15 Å². The van der Waals surface area contributed by atoms with Gasteiger partial charge in [-0.3, -0.25) is 4.40 Å². The second kappa shape index (κ2) is 9.05. The van der Waals surface area contributed by atoms with Crippen molar-refractivity contribution in [2.75, 3.05) is 45.2 Å². The Labute approximate surface area is 197 Å². The molecule has 0 radical (unpaired) electrons. The molecule has 178 valence electrons. The summed E-state index contributed by atoms with van der Waals surface area (Å²) in [6.07, 6.45) is 5.01. The first-order valence-corrected chi connectivity index (χ1v) is 12.3. The predicted molar refractivity (Wildman–Crippen MR) is 127 cm³/mol. The molecule has 0 saturated carbocycles. The van der Waals surface area contributed by atoms with Crippen LogP contribution in [0.25, 0.3) is 28.5 Å². The van der Waals surface area contributed by atoms with E-state index in [2.05, 4.69) is 20.3 Å². The minimum absolute atomic E-state index is 0.333. The predicted octanol–water partition coefficient (Wildman–Crippen LogP) is 2.35. The van der Waals surface area contributed by atoms with Crippen LogP contribution < -0.4 is 10.1 Å². The number of nitrogens with one attached hydrogen (secondary N) is 1. The molecule has 1 fully saturated rings. The lowest BCUT2D eigenvalue weighted by atomic mass is 10.1. The monoisotopic (exact) mass is 483 g/mol. The molecule has 12 heteroatoms. The molecule has 0 amide bonds. The number of nitrogens with zero attached hydrogens (tertiary/aromatic N) is 6. The molecule has 4 aromatic rings. The summed E-state index contributed by atoms with van der Waals surface area (Å²) in [5.74, 6) is 1.56. The lowest BCUT2D eigenvalue weighted by Crippen LogP contribution is -2.35. The van der Waals surface area contributed by atoms with Crippen molar-refractivity contribution in [2.45, 2.75) is 6.92 Å². The van der Waals surface area contributed by atoms with E-state index in [1.54, 1.807) is 31.8 Å². The summed E-state index contributed by atoms with van der Waals surface area (Å²) in [4.78, 5) is 13.6. The zero-order valence-electron chi connectivity index (χ0n) is 18.9. The number of ether oxygens (including phenoxy) is 1. The lowest BCUT2D eigenvalue weighted by molar-refractivity contribution is 0.415. The molecule has 1 aliphatic rings. The first-order chi connectivity index (χ1) is 16.5. The fourth-order valence-electron chi connectivity index (χ4n) is 4.04. The van der Waals surface area contributed by atoms with Crippen LogP contribution in [0.4, 0.5) is 5.95 Å². The summed E-state index contributed by atoms with van der Waals surface area (Å²) >= 11 is 0. The molecule has 3 aromatic heterocycles. The van der Waals surface area contributed by atoms with Gasteiger partial charge in [0.15, 0.2) is 0 Å². The Morgan fingerprint density at radius 1 is 1.18 bits per heavy atom. The molecule has 0 atom stereocenters. The fourth-order valence-corrected chi connectivity index (χ4v) is 5.64. The number of benzene rings is 1. The third-order valence-corrected chi connectivity index (χ3v) is 7.86. The van der Waals surface area contributed by atoms with Crippen LogP contribution in [0.3, 0.4) is 0 Å². The highest BCUT2D eigenvalue weighted by Gasteiger charge is 2.34. The highest BCUT2D eigenvalue weighted by Crippen LogP contribution is 2.33. The van der Waals surface area contributed by atoms with Gasteiger partial charge in [-0.1, -0.05) is 19.1 Å². The number of likely N-dealkylation sites (N-methyl/N-ethyl adjacent to an activating group) is 1. The van der Waals surface area contributed by atoms with E-state index in [9.17, 15) is 8.42 Å². The molecule has 4 heterocycles. The van der Waals surface area contributed by atoms with Crippen molar-refractivity contribution in [2.24, 2.45) is 0 Å². The average molecular weight is 484 g/mol. The second-order valence-electron chi connectivity index (χ2n) is 7.69. The normalized spacial score (nSPS) is 16.3. The Morgan fingerprint density at radius 2 is 2.03 bits per heavy atom. The number of rotatable bonds is 8. The number of hydrogen-bond acceptors (Lipinski definition) is 8.